The van der Waals surface area contributed by atoms with Crippen LogP contribution in [0.4, 0.5) is 4.39 Å². The molecule has 1 aromatic carbocycles. The molecule has 2 aromatic rings. The van der Waals surface area contributed by atoms with Crippen LogP contribution >= 0.6 is 22.9 Å². The fourth-order valence-corrected chi connectivity index (χ4v) is 3.15. The fourth-order valence-electron chi connectivity index (χ4n) is 1.80. The van der Waals surface area contributed by atoms with Gasteiger partial charge in [-0.1, -0.05) is 38.4 Å². The number of aromatic nitrogens is 1. The molecule has 1 N–H and O–H groups in total. The van der Waals surface area contributed by atoms with E-state index in [2.05, 4.69) is 25.8 Å². The van der Waals surface area contributed by atoms with Crippen molar-refractivity contribution in [1.82, 2.24) is 4.98 Å². The molecule has 1 heterocycles. The van der Waals surface area contributed by atoms with E-state index < -0.39 is 11.9 Å². The minimum absolute atomic E-state index is 0.00672. The third-order valence-electron chi connectivity index (χ3n) is 3.01. The van der Waals surface area contributed by atoms with Gasteiger partial charge < -0.3 is 5.11 Å². The van der Waals surface area contributed by atoms with Crippen LogP contribution in [-0.4, -0.2) is 10.1 Å². The number of nitrogens with zero attached hydrogens (tertiary/aromatic N) is 1. The number of aliphatic hydroxyl groups excluding tert-OH is 1. The van der Waals surface area contributed by atoms with Gasteiger partial charge in [-0.2, -0.15) is 0 Å². The van der Waals surface area contributed by atoms with Crippen molar-refractivity contribution in [3.05, 3.63) is 50.7 Å². The molecule has 0 saturated carbocycles. The van der Waals surface area contributed by atoms with Gasteiger partial charge in [0.1, 0.15) is 5.82 Å². The summed E-state index contributed by atoms with van der Waals surface area (Å²) < 4.78 is 13.0. The zero-order chi connectivity index (χ0) is 14.9. The molecule has 108 valence electrons. The second-order valence-electron chi connectivity index (χ2n) is 5.76. The van der Waals surface area contributed by atoms with Crippen molar-refractivity contribution < 1.29 is 9.50 Å². The van der Waals surface area contributed by atoms with Crippen molar-refractivity contribution in [2.75, 3.05) is 0 Å². The van der Waals surface area contributed by atoms with E-state index in [0.29, 0.717) is 12.0 Å². The first-order valence-electron chi connectivity index (χ1n) is 6.35. The van der Waals surface area contributed by atoms with Crippen LogP contribution in [0.15, 0.2) is 23.6 Å². The van der Waals surface area contributed by atoms with Gasteiger partial charge in [0.2, 0.25) is 0 Å². The summed E-state index contributed by atoms with van der Waals surface area (Å²) >= 11 is 7.47. The molecule has 5 heteroatoms. The highest BCUT2D eigenvalue weighted by Gasteiger charge is 2.19. The lowest BCUT2D eigenvalue weighted by molar-refractivity contribution is 0.178. The van der Waals surface area contributed by atoms with E-state index in [1.54, 1.807) is 0 Å². The maximum Gasteiger partial charge on any atom is 0.124 e. The van der Waals surface area contributed by atoms with Gasteiger partial charge in [0.05, 0.1) is 16.8 Å². The number of hydrogen-bond acceptors (Lipinski definition) is 3. The molecule has 0 radical (unpaired) electrons. The molecule has 0 aliphatic rings. The molecule has 0 spiro atoms. The SMILES string of the molecule is CC(C)(C)c1csc(CC(O)c2ccc(F)cc2Cl)n1. The summed E-state index contributed by atoms with van der Waals surface area (Å²) in [5.41, 5.74) is 1.53. The summed E-state index contributed by atoms with van der Waals surface area (Å²) in [6.45, 7) is 6.29. The molecule has 0 aliphatic carbocycles. The average Bonchev–Trinajstić information content (AvgIpc) is 2.76. The number of rotatable bonds is 3. The molecular weight excluding hydrogens is 297 g/mol. The van der Waals surface area contributed by atoms with Crippen LogP contribution in [0, 0.1) is 5.82 Å². The van der Waals surface area contributed by atoms with E-state index in [9.17, 15) is 9.50 Å². The normalized spacial score (nSPS) is 13.5. The smallest absolute Gasteiger partial charge is 0.124 e. The minimum atomic E-state index is -0.776. The summed E-state index contributed by atoms with van der Waals surface area (Å²) in [6, 6.07) is 4.02. The average molecular weight is 314 g/mol. The van der Waals surface area contributed by atoms with Crippen molar-refractivity contribution >= 4 is 22.9 Å². The van der Waals surface area contributed by atoms with Gasteiger partial charge in [0.25, 0.3) is 0 Å². The zero-order valence-electron chi connectivity index (χ0n) is 11.7. The van der Waals surface area contributed by atoms with Crippen LogP contribution in [0.3, 0.4) is 0 Å². The predicted octanol–water partition coefficient (Wildman–Crippen LogP) is 4.51. The Morgan fingerprint density at radius 3 is 2.65 bits per heavy atom. The summed E-state index contributed by atoms with van der Waals surface area (Å²) in [4.78, 5) is 4.54. The Hall–Kier alpha value is -0.970. The van der Waals surface area contributed by atoms with Crippen molar-refractivity contribution in [3.63, 3.8) is 0 Å². The van der Waals surface area contributed by atoms with E-state index in [1.165, 1.54) is 29.5 Å². The summed E-state index contributed by atoms with van der Waals surface area (Å²) in [6.07, 6.45) is -0.395. The Bertz CT molecular complexity index is 606. The Kier molecular flexibility index (Phi) is 4.47. The van der Waals surface area contributed by atoms with Crippen LogP contribution in [0.5, 0.6) is 0 Å². The van der Waals surface area contributed by atoms with E-state index in [0.717, 1.165) is 10.7 Å². The van der Waals surface area contributed by atoms with Crippen molar-refractivity contribution in [2.24, 2.45) is 0 Å². The van der Waals surface area contributed by atoms with E-state index in [4.69, 9.17) is 11.6 Å². The first-order chi connectivity index (χ1) is 9.27. The topological polar surface area (TPSA) is 33.1 Å². The molecule has 2 rings (SSSR count). The lowest BCUT2D eigenvalue weighted by Crippen LogP contribution is -2.12. The second kappa shape index (κ2) is 5.80. The van der Waals surface area contributed by atoms with E-state index >= 15 is 0 Å². The maximum absolute atomic E-state index is 13.0. The molecule has 0 bridgehead atoms. The lowest BCUT2D eigenvalue weighted by Gasteiger charge is -2.14. The summed E-state index contributed by atoms with van der Waals surface area (Å²) in [5.74, 6) is -0.407. The standard InChI is InChI=1S/C15H17ClFNOS/c1-15(2,3)13-8-20-14(18-13)7-12(19)10-5-4-9(17)6-11(10)16/h4-6,8,12,19H,7H2,1-3H3. The molecule has 0 aliphatic heterocycles. The zero-order valence-corrected chi connectivity index (χ0v) is 13.2. The molecule has 0 fully saturated rings. The summed E-state index contributed by atoms with van der Waals surface area (Å²) in [5, 5.41) is 13.3. The van der Waals surface area contributed by atoms with Crippen molar-refractivity contribution in [3.8, 4) is 0 Å². The number of hydrogen-bond donors (Lipinski definition) is 1. The quantitative estimate of drug-likeness (QED) is 0.904. The van der Waals surface area contributed by atoms with Gasteiger partial charge in [0, 0.05) is 22.2 Å². The molecule has 20 heavy (non-hydrogen) atoms. The number of benzene rings is 1. The summed E-state index contributed by atoms with van der Waals surface area (Å²) in [7, 11) is 0. The van der Waals surface area contributed by atoms with Crippen molar-refractivity contribution in [2.45, 2.75) is 38.7 Å². The van der Waals surface area contributed by atoms with Gasteiger partial charge in [0.15, 0.2) is 0 Å². The molecular formula is C15H17ClFNOS. The molecule has 1 atom stereocenters. The monoisotopic (exact) mass is 313 g/mol. The van der Waals surface area contributed by atoms with Gasteiger partial charge >= 0.3 is 0 Å². The van der Waals surface area contributed by atoms with E-state index in [-0.39, 0.29) is 10.4 Å². The first-order valence-corrected chi connectivity index (χ1v) is 7.61. The number of halogens is 2. The van der Waals surface area contributed by atoms with Crippen LogP contribution < -0.4 is 0 Å². The third-order valence-corrected chi connectivity index (χ3v) is 4.21. The number of aliphatic hydroxyl groups is 1. The van der Waals surface area contributed by atoms with Gasteiger partial charge in [-0.25, -0.2) is 9.37 Å². The molecule has 0 saturated heterocycles. The Balaban J connectivity index is 2.15. The highest BCUT2D eigenvalue weighted by atomic mass is 35.5. The molecule has 2 nitrogen and oxygen atoms in total. The van der Waals surface area contributed by atoms with Crippen LogP contribution in [0.1, 0.15) is 43.1 Å². The second-order valence-corrected chi connectivity index (χ2v) is 7.11. The first kappa shape index (κ1) is 15.4. The largest absolute Gasteiger partial charge is 0.388 e. The lowest BCUT2D eigenvalue weighted by atomic mass is 9.93. The van der Waals surface area contributed by atoms with E-state index in [1.807, 2.05) is 5.38 Å². The molecule has 1 unspecified atom stereocenters. The maximum atomic E-state index is 13.0. The van der Waals surface area contributed by atoms with Gasteiger partial charge in [-0.05, 0) is 17.7 Å². The Morgan fingerprint density at radius 1 is 1.40 bits per heavy atom. The highest BCUT2D eigenvalue weighted by Crippen LogP contribution is 2.29. The Labute approximate surface area is 127 Å². The van der Waals surface area contributed by atoms with Crippen LogP contribution in [0.2, 0.25) is 5.02 Å². The highest BCUT2D eigenvalue weighted by molar-refractivity contribution is 7.09. The molecule has 1 aromatic heterocycles. The van der Waals surface area contributed by atoms with Gasteiger partial charge in [-0.15, -0.1) is 11.3 Å². The molecule has 0 amide bonds. The van der Waals surface area contributed by atoms with Crippen LogP contribution in [-0.2, 0) is 11.8 Å². The van der Waals surface area contributed by atoms with Crippen molar-refractivity contribution in [1.29, 1.82) is 0 Å². The fraction of sp³-hybridized carbons (Fsp3) is 0.400. The van der Waals surface area contributed by atoms with Crippen LogP contribution in [0.25, 0.3) is 0 Å². The predicted molar refractivity (Wildman–Crippen MR) is 80.9 cm³/mol. The number of thiazole rings is 1. The third kappa shape index (κ3) is 3.57. The Morgan fingerprint density at radius 2 is 2.10 bits per heavy atom. The van der Waals surface area contributed by atoms with Gasteiger partial charge in [-0.3, -0.25) is 0 Å². The minimum Gasteiger partial charge on any atom is -0.388 e.